The van der Waals surface area contributed by atoms with Gasteiger partial charge < -0.3 is 5.32 Å². The van der Waals surface area contributed by atoms with Crippen LogP contribution < -0.4 is 5.32 Å². The van der Waals surface area contributed by atoms with E-state index in [4.69, 9.17) is 4.98 Å². The third-order valence-corrected chi connectivity index (χ3v) is 3.61. The van der Waals surface area contributed by atoms with E-state index in [1.807, 2.05) is 24.0 Å². The molecule has 1 aliphatic rings. The number of nitrogens with one attached hydrogen (secondary N) is 1. The van der Waals surface area contributed by atoms with E-state index in [9.17, 15) is 0 Å². The van der Waals surface area contributed by atoms with Crippen molar-refractivity contribution in [1.82, 2.24) is 20.1 Å². The maximum Gasteiger partial charge on any atom is 0.0886 e. The molecule has 1 saturated heterocycles. The molecule has 18 heavy (non-hydrogen) atoms. The number of pyridine rings is 1. The molecule has 0 radical (unpaired) electrons. The van der Waals surface area contributed by atoms with Gasteiger partial charge in [0.15, 0.2) is 0 Å². The minimum atomic E-state index is 0.597. The molecule has 94 valence electrons. The van der Waals surface area contributed by atoms with Crippen LogP contribution in [0.2, 0.25) is 0 Å². The average molecular weight is 242 g/mol. The van der Waals surface area contributed by atoms with Crippen LogP contribution in [-0.4, -0.2) is 27.9 Å². The molecule has 1 aliphatic heterocycles. The predicted molar refractivity (Wildman–Crippen MR) is 71.3 cm³/mol. The van der Waals surface area contributed by atoms with Crippen LogP contribution in [0.15, 0.2) is 30.5 Å². The van der Waals surface area contributed by atoms with Crippen molar-refractivity contribution in [3.63, 3.8) is 0 Å². The van der Waals surface area contributed by atoms with E-state index in [0.717, 1.165) is 24.5 Å². The van der Waals surface area contributed by atoms with Crippen LogP contribution in [0.25, 0.3) is 11.4 Å². The number of hydrogen-bond donors (Lipinski definition) is 1. The SMILES string of the molecule is Cn1nccc1-c1cccc(C2CCNCC2)n1. The highest BCUT2D eigenvalue weighted by Gasteiger charge is 2.17. The summed E-state index contributed by atoms with van der Waals surface area (Å²) in [5, 5.41) is 7.60. The Balaban J connectivity index is 1.91. The highest BCUT2D eigenvalue weighted by atomic mass is 15.3. The van der Waals surface area contributed by atoms with Gasteiger partial charge in [-0.2, -0.15) is 5.10 Å². The second kappa shape index (κ2) is 4.90. The third-order valence-electron chi connectivity index (χ3n) is 3.61. The lowest BCUT2D eigenvalue weighted by Crippen LogP contribution is -2.27. The summed E-state index contributed by atoms with van der Waals surface area (Å²) in [5.41, 5.74) is 3.31. The van der Waals surface area contributed by atoms with Crippen molar-refractivity contribution in [3.05, 3.63) is 36.2 Å². The zero-order valence-electron chi connectivity index (χ0n) is 10.6. The summed E-state index contributed by atoms with van der Waals surface area (Å²) < 4.78 is 1.87. The Labute approximate surface area is 107 Å². The first kappa shape index (κ1) is 11.4. The van der Waals surface area contributed by atoms with Crippen LogP contribution in [0.4, 0.5) is 0 Å². The normalized spacial score (nSPS) is 16.9. The Morgan fingerprint density at radius 1 is 1.22 bits per heavy atom. The number of piperidine rings is 1. The van der Waals surface area contributed by atoms with Crippen LogP contribution in [0.3, 0.4) is 0 Å². The van der Waals surface area contributed by atoms with Gasteiger partial charge in [-0.3, -0.25) is 9.67 Å². The van der Waals surface area contributed by atoms with E-state index in [2.05, 4.69) is 28.6 Å². The number of aromatic nitrogens is 3. The summed E-state index contributed by atoms with van der Waals surface area (Å²) in [6.07, 6.45) is 4.18. The summed E-state index contributed by atoms with van der Waals surface area (Å²) in [4.78, 5) is 4.81. The number of rotatable bonds is 2. The predicted octanol–water partition coefficient (Wildman–Crippen LogP) is 1.95. The van der Waals surface area contributed by atoms with Gasteiger partial charge in [0.1, 0.15) is 0 Å². The molecule has 2 aromatic rings. The summed E-state index contributed by atoms with van der Waals surface area (Å²) in [6.45, 7) is 2.20. The zero-order valence-corrected chi connectivity index (χ0v) is 10.6. The van der Waals surface area contributed by atoms with Crippen molar-refractivity contribution in [2.24, 2.45) is 7.05 Å². The maximum atomic E-state index is 4.81. The quantitative estimate of drug-likeness (QED) is 0.875. The van der Waals surface area contributed by atoms with Gasteiger partial charge in [-0.05, 0) is 44.1 Å². The Bertz CT molecular complexity index is 526. The second-order valence-corrected chi connectivity index (χ2v) is 4.81. The molecule has 0 saturated carbocycles. The number of nitrogens with zero attached hydrogens (tertiary/aromatic N) is 3. The molecular formula is C14H18N4. The van der Waals surface area contributed by atoms with E-state index in [0.29, 0.717) is 5.92 Å². The summed E-state index contributed by atoms with van der Waals surface area (Å²) >= 11 is 0. The van der Waals surface area contributed by atoms with E-state index in [-0.39, 0.29) is 0 Å². The lowest BCUT2D eigenvalue weighted by molar-refractivity contribution is 0.453. The molecule has 0 unspecified atom stereocenters. The van der Waals surface area contributed by atoms with Crippen LogP contribution >= 0.6 is 0 Å². The molecule has 0 bridgehead atoms. The molecule has 0 atom stereocenters. The van der Waals surface area contributed by atoms with Crippen LogP contribution in [0.5, 0.6) is 0 Å². The van der Waals surface area contributed by atoms with Crippen molar-refractivity contribution in [1.29, 1.82) is 0 Å². The molecule has 3 rings (SSSR count). The fourth-order valence-electron chi connectivity index (χ4n) is 2.56. The molecule has 0 aromatic carbocycles. The highest BCUT2D eigenvalue weighted by Crippen LogP contribution is 2.25. The van der Waals surface area contributed by atoms with Gasteiger partial charge in [-0.1, -0.05) is 6.07 Å². The van der Waals surface area contributed by atoms with Crippen LogP contribution in [0, 0.1) is 0 Å². The fraction of sp³-hybridized carbons (Fsp3) is 0.429. The highest BCUT2D eigenvalue weighted by molar-refractivity contribution is 5.54. The topological polar surface area (TPSA) is 42.7 Å². The lowest BCUT2D eigenvalue weighted by Gasteiger charge is -2.22. The van der Waals surface area contributed by atoms with Crippen molar-refractivity contribution in [3.8, 4) is 11.4 Å². The Kier molecular flexibility index (Phi) is 3.11. The van der Waals surface area contributed by atoms with Gasteiger partial charge in [-0.25, -0.2) is 0 Å². The average Bonchev–Trinajstić information content (AvgIpc) is 2.86. The first-order valence-electron chi connectivity index (χ1n) is 6.50. The van der Waals surface area contributed by atoms with Gasteiger partial charge in [0.05, 0.1) is 11.4 Å². The molecule has 1 N–H and O–H groups in total. The smallest absolute Gasteiger partial charge is 0.0886 e. The van der Waals surface area contributed by atoms with Crippen LogP contribution in [-0.2, 0) is 7.05 Å². The van der Waals surface area contributed by atoms with E-state index in [1.54, 1.807) is 0 Å². The first-order valence-corrected chi connectivity index (χ1v) is 6.50. The van der Waals surface area contributed by atoms with E-state index < -0.39 is 0 Å². The number of hydrogen-bond acceptors (Lipinski definition) is 3. The molecule has 2 aromatic heterocycles. The summed E-state index contributed by atoms with van der Waals surface area (Å²) in [7, 11) is 1.95. The van der Waals surface area contributed by atoms with Crippen molar-refractivity contribution in [2.75, 3.05) is 13.1 Å². The standard InChI is InChI=1S/C14H18N4/c1-18-14(7-10-16-18)13-4-2-3-12(17-13)11-5-8-15-9-6-11/h2-4,7,10-11,15H,5-6,8-9H2,1H3. The van der Waals surface area contributed by atoms with Gasteiger partial charge in [0, 0.05) is 24.9 Å². The molecule has 0 amide bonds. The molecule has 3 heterocycles. The third kappa shape index (κ3) is 2.16. The van der Waals surface area contributed by atoms with E-state index >= 15 is 0 Å². The van der Waals surface area contributed by atoms with Crippen molar-refractivity contribution >= 4 is 0 Å². The molecule has 4 heteroatoms. The van der Waals surface area contributed by atoms with Gasteiger partial charge in [0.2, 0.25) is 0 Å². The van der Waals surface area contributed by atoms with Gasteiger partial charge >= 0.3 is 0 Å². The Morgan fingerprint density at radius 2 is 2.06 bits per heavy atom. The van der Waals surface area contributed by atoms with Crippen molar-refractivity contribution < 1.29 is 0 Å². The van der Waals surface area contributed by atoms with Crippen molar-refractivity contribution in [2.45, 2.75) is 18.8 Å². The molecule has 1 fully saturated rings. The molecular weight excluding hydrogens is 224 g/mol. The monoisotopic (exact) mass is 242 g/mol. The van der Waals surface area contributed by atoms with E-state index in [1.165, 1.54) is 18.5 Å². The number of aryl methyl sites for hydroxylation is 1. The maximum absolute atomic E-state index is 4.81. The molecule has 0 aliphatic carbocycles. The first-order chi connectivity index (χ1) is 8.84. The van der Waals surface area contributed by atoms with Crippen LogP contribution in [0.1, 0.15) is 24.5 Å². The summed E-state index contributed by atoms with van der Waals surface area (Å²) in [5.74, 6) is 0.597. The van der Waals surface area contributed by atoms with Gasteiger partial charge in [-0.15, -0.1) is 0 Å². The minimum absolute atomic E-state index is 0.597. The lowest BCUT2D eigenvalue weighted by atomic mass is 9.94. The Morgan fingerprint density at radius 3 is 2.78 bits per heavy atom. The van der Waals surface area contributed by atoms with Gasteiger partial charge in [0.25, 0.3) is 0 Å². The molecule has 4 nitrogen and oxygen atoms in total. The largest absolute Gasteiger partial charge is 0.317 e. The fourth-order valence-corrected chi connectivity index (χ4v) is 2.56. The second-order valence-electron chi connectivity index (χ2n) is 4.81. The zero-order chi connectivity index (χ0) is 12.4. The summed E-state index contributed by atoms with van der Waals surface area (Å²) in [6, 6.07) is 8.32. The minimum Gasteiger partial charge on any atom is -0.317 e. The molecule has 0 spiro atoms. The Hall–Kier alpha value is -1.68.